The van der Waals surface area contributed by atoms with Crippen LogP contribution in [0.4, 0.5) is 22.0 Å². The van der Waals surface area contributed by atoms with Gasteiger partial charge in [0.05, 0.1) is 12.1 Å². The molecule has 18 heavy (non-hydrogen) atoms. The Morgan fingerprint density at radius 2 is 1.33 bits per heavy atom. The summed E-state index contributed by atoms with van der Waals surface area (Å²) in [7, 11) is 0. The zero-order chi connectivity index (χ0) is 14.0. The summed E-state index contributed by atoms with van der Waals surface area (Å²) in [5.74, 6) is -10.4. The first-order valence-corrected chi connectivity index (χ1v) is 5.27. The SMILES string of the molecule is CCC[C@H](O)[C@H](N)c1c(F)c(F)c(F)c(F)c1F. The van der Waals surface area contributed by atoms with Crippen molar-refractivity contribution in [1.29, 1.82) is 0 Å². The Kier molecular flexibility index (Phi) is 4.64. The van der Waals surface area contributed by atoms with E-state index in [1.807, 2.05) is 0 Å². The van der Waals surface area contributed by atoms with E-state index < -0.39 is 46.8 Å². The number of benzene rings is 1. The van der Waals surface area contributed by atoms with Gasteiger partial charge in [-0.05, 0) is 6.42 Å². The number of hydrogen-bond acceptors (Lipinski definition) is 2. The molecule has 0 spiro atoms. The molecule has 0 bridgehead atoms. The van der Waals surface area contributed by atoms with E-state index >= 15 is 0 Å². The molecule has 0 unspecified atom stereocenters. The molecule has 2 nitrogen and oxygen atoms in total. The highest BCUT2D eigenvalue weighted by Crippen LogP contribution is 2.29. The number of halogens is 5. The van der Waals surface area contributed by atoms with Gasteiger partial charge in [-0.2, -0.15) is 0 Å². The molecule has 0 aliphatic rings. The zero-order valence-electron chi connectivity index (χ0n) is 9.48. The highest BCUT2D eigenvalue weighted by Gasteiger charge is 2.31. The molecule has 0 aromatic heterocycles. The number of rotatable bonds is 4. The number of nitrogens with two attached hydrogens (primary N) is 1. The Hall–Kier alpha value is -1.21. The van der Waals surface area contributed by atoms with Crippen LogP contribution in [-0.4, -0.2) is 11.2 Å². The van der Waals surface area contributed by atoms with Crippen molar-refractivity contribution in [3.63, 3.8) is 0 Å². The maximum atomic E-state index is 13.3. The molecule has 0 aliphatic heterocycles. The Bertz CT molecular complexity index is 423. The van der Waals surface area contributed by atoms with Crippen LogP contribution in [0.3, 0.4) is 0 Å². The summed E-state index contributed by atoms with van der Waals surface area (Å²) in [5, 5.41) is 9.47. The molecule has 1 aromatic rings. The maximum absolute atomic E-state index is 13.3. The molecule has 0 amide bonds. The van der Waals surface area contributed by atoms with Gasteiger partial charge in [0, 0.05) is 5.56 Å². The second-order valence-electron chi connectivity index (χ2n) is 3.87. The van der Waals surface area contributed by atoms with E-state index in [2.05, 4.69) is 0 Å². The molecule has 2 atom stereocenters. The lowest BCUT2D eigenvalue weighted by atomic mass is 9.97. The van der Waals surface area contributed by atoms with Gasteiger partial charge in [-0.25, -0.2) is 22.0 Å². The summed E-state index contributed by atoms with van der Waals surface area (Å²) in [5.41, 5.74) is 4.14. The fraction of sp³-hybridized carbons (Fsp3) is 0.455. The fourth-order valence-corrected chi connectivity index (χ4v) is 1.58. The van der Waals surface area contributed by atoms with Crippen molar-refractivity contribution in [3.05, 3.63) is 34.6 Å². The third-order valence-corrected chi connectivity index (χ3v) is 2.58. The first-order chi connectivity index (χ1) is 8.32. The van der Waals surface area contributed by atoms with E-state index in [0.29, 0.717) is 6.42 Å². The molecule has 0 saturated heterocycles. The van der Waals surface area contributed by atoms with Crippen LogP contribution in [0.25, 0.3) is 0 Å². The third kappa shape index (κ3) is 2.46. The van der Waals surface area contributed by atoms with Crippen molar-refractivity contribution in [2.24, 2.45) is 5.73 Å². The lowest BCUT2D eigenvalue weighted by Gasteiger charge is -2.20. The molecule has 0 aliphatic carbocycles. The van der Waals surface area contributed by atoms with Crippen molar-refractivity contribution in [2.75, 3.05) is 0 Å². The van der Waals surface area contributed by atoms with E-state index in [1.165, 1.54) is 0 Å². The second kappa shape index (κ2) is 5.62. The quantitative estimate of drug-likeness (QED) is 0.501. The second-order valence-corrected chi connectivity index (χ2v) is 3.87. The highest BCUT2D eigenvalue weighted by atomic mass is 19.2. The lowest BCUT2D eigenvalue weighted by Crippen LogP contribution is -2.29. The lowest BCUT2D eigenvalue weighted by molar-refractivity contribution is 0.130. The van der Waals surface area contributed by atoms with Crippen LogP contribution in [0.5, 0.6) is 0 Å². The predicted molar refractivity (Wildman–Crippen MR) is 54.1 cm³/mol. The van der Waals surface area contributed by atoms with Crippen LogP contribution in [0.2, 0.25) is 0 Å². The summed E-state index contributed by atoms with van der Waals surface area (Å²) < 4.78 is 65.3. The van der Waals surface area contributed by atoms with E-state index in [0.717, 1.165) is 0 Å². The first kappa shape index (κ1) is 14.8. The van der Waals surface area contributed by atoms with Crippen LogP contribution in [-0.2, 0) is 0 Å². The van der Waals surface area contributed by atoms with E-state index in [4.69, 9.17) is 5.73 Å². The van der Waals surface area contributed by atoms with Gasteiger partial charge in [-0.1, -0.05) is 13.3 Å². The third-order valence-electron chi connectivity index (χ3n) is 2.58. The van der Waals surface area contributed by atoms with Gasteiger partial charge in [0.2, 0.25) is 5.82 Å². The van der Waals surface area contributed by atoms with E-state index in [1.54, 1.807) is 6.92 Å². The van der Waals surface area contributed by atoms with Crippen molar-refractivity contribution < 1.29 is 27.1 Å². The van der Waals surface area contributed by atoms with Gasteiger partial charge in [0.1, 0.15) is 0 Å². The van der Waals surface area contributed by atoms with Crippen molar-refractivity contribution in [1.82, 2.24) is 0 Å². The smallest absolute Gasteiger partial charge is 0.200 e. The van der Waals surface area contributed by atoms with Gasteiger partial charge in [-0.3, -0.25) is 0 Å². The van der Waals surface area contributed by atoms with Gasteiger partial charge < -0.3 is 10.8 Å². The van der Waals surface area contributed by atoms with Crippen molar-refractivity contribution in [2.45, 2.75) is 31.9 Å². The molecule has 0 heterocycles. The average molecular weight is 269 g/mol. The molecule has 3 N–H and O–H groups in total. The number of hydrogen-bond donors (Lipinski definition) is 2. The van der Waals surface area contributed by atoms with Gasteiger partial charge in [-0.15, -0.1) is 0 Å². The minimum absolute atomic E-state index is 0.0840. The molecule has 7 heteroatoms. The minimum Gasteiger partial charge on any atom is -0.391 e. The van der Waals surface area contributed by atoms with Gasteiger partial charge in [0.25, 0.3) is 0 Å². The Labute approximate surface area is 100 Å². The molecular formula is C11H12F5NO. The Balaban J connectivity index is 3.32. The van der Waals surface area contributed by atoms with Crippen LogP contribution >= 0.6 is 0 Å². The van der Waals surface area contributed by atoms with Crippen molar-refractivity contribution >= 4 is 0 Å². The monoisotopic (exact) mass is 269 g/mol. The first-order valence-electron chi connectivity index (χ1n) is 5.27. The Morgan fingerprint density at radius 1 is 0.944 bits per heavy atom. The molecule has 1 aromatic carbocycles. The van der Waals surface area contributed by atoms with Gasteiger partial charge >= 0.3 is 0 Å². The maximum Gasteiger partial charge on any atom is 0.200 e. The van der Waals surface area contributed by atoms with Crippen LogP contribution in [0.1, 0.15) is 31.4 Å². The van der Waals surface area contributed by atoms with Crippen molar-refractivity contribution in [3.8, 4) is 0 Å². The molecule has 1 rings (SSSR count). The topological polar surface area (TPSA) is 46.2 Å². The van der Waals surface area contributed by atoms with Crippen LogP contribution < -0.4 is 5.73 Å². The summed E-state index contributed by atoms with van der Waals surface area (Å²) in [6, 6.07) is -1.67. The molecule has 0 radical (unpaired) electrons. The predicted octanol–water partition coefficient (Wildman–Crippen LogP) is 2.54. The summed E-state index contributed by atoms with van der Waals surface area (Å²) >= 11 is 0. The molecule has 0 fully saturated rings. The Morgan fingerprint density at radius 3 is 1.72 bits per heavy atom. The number of aliphatic hydroxyl groups excluding tert-OH is 1. The normalized spacial score (nSPS) is 14.7. The van der Waals surface area contributed by atoms with Crippen LogP contribution in [0, 0.1) is 29.1 Å². The van der Waals surface area contributed by atoms with E-state index in [-0.39, 0.29) is 6.42 Å². The highest BCUT2D eigenvalue weighted by molar-refractivity contribution is 5.27. The molecule has 102 valence electrons. The number of aliphatic hydroxyl groups is 1. The standard InChI is InChI=1S/C11H12F5NO/c1-2-3-4(18)11(17)5-6(12)8(14)10(16)9(15)7(5)13/h4,11,18H,2-3,17H2,1H3/t4-,11-/m0/s1. The van der Waals surface area contributed by atoms with Gasteiger partial charge in [0.15, 0.2) is 23.3 Å². The fourth-order valence-electron chi connectivity index (χ4n) is 1.58. The summed E-state index contributed by atoms with van der Waals surface area (Å²) in [4.78, 5) is 0. The summed E-state index contributed by atoms with van der Waals surface area (Å²) in [6.07, 6.45) is -0.853. The minimum atomic E-state index is -2.24. The average Bonchev–Trinajstić information content (AvgIpc) is 2.34. The largest absolute Gasteiger partial charge is 0.391 e. The van der Waals surface area contributed by atoms with E-state index in [9.17, 15) is 27.1 Å². The molecule has 0 saturated carbocycles. The van der Waals surface area contributed by atoms with Crippen LogP contribution in [0.15, 0.2) is 0 Å². The zero-order valence-corrected chi connectivity index (χ0v) is 9.48. The molecular weight excluding hydrogens is 257 g/mol. The summed E-state index contributed by atoms with van der Waals surface area (Å²) in [6.45, 7) is 1.68.